The summed E-state index contributed by atoms with van der Waals surface area (Å²) >= 11 is 1.88. The van der Waals surface area contributed by atoms with Gasteiger partial charge in [0.2, 0.25) is 5.91 Å². The van der Waals surface area contributed by atoms with E-state index in [0.29, 0.717) is 0 Å². The van der Waals surface area contributed by atoms with Crippen molar-refractivity contribution in [3.63, 3.8) is 0 Å². The highest BCUT2D eigenvalue weighted by Gasteiger charge is 2.19. The second kappa shape index (κ2) is 9.92. The maximum Gasteiger partial charge on any atom is 0.223 e. The highest BCUT2D eigenvalue weighted by atomic mass is 35.5. The van der Waals surface area contributed by atoms with Crippen LogP contribution in [0.5, 0.6) is 0 Å². The number of carbonyl (C=O) groups excluding carboxylic acids is 1. The number of rotatable bonds is 6. The Bertz CT molecular complexity index is 653. The van der Waals surface area contributed by atoms with Crippen LogP contribution in [0.15, 0.2) is 42.5 Å². The average Bonchev–Trinajstić information content (AvgIpc) is 2.62. The third kappa shape index (κ3) is 5.13. The molecule has 3 nitrogen and oxygen atoms in total. The molecule has 0 spiro atoms. The molecule has 24 heavy (non-hydrogen) atoms. The fourth-order valence-corrected chi connectivity index (χ4v) is 3.94. The van der Waals surface area contributed by atoms with Crippen LogP contribution in [0.4, 0.5) is 0 Å². The minimum Gasteiger partial charge on any atom is -0.355 e. The lowest BCUT2D eigenvalue weighted by molar-refractivity contribution is -0.125. The maximum atomic E-state index is 12.1. The van der Waals surface area contributed by atoms with Crippen LogP contribution in [0.3, 0.4) is 0 Å². The highest BCUT2D eigenvalue weighted by molar-refractivity contribution is 7.98. The molecule has 1 amide bonds. The number of piperidine rings is 1. The molecule has 0 radical (unpaired) electrons. The van der Waals surface area contributed by atoms with Crippen LogP contribution in [0, 0.1) is 5.92 Å². The number of nitrogens with one attached hydrogen (secondary N) is 2. The topological polar surface area (TPSA) is 41.1 Å². The van der Waals surface area contributed by atoms with Gasteiger partial charge in [0.05, 0.1) is 0 Å². The zero-order valence-corrected chi connectivity index (χ0v) is 15.4. The molecule has 2 N–H and O–H groups in total. The van der Waals surface area contributed by atoms with Crippen LogP contribution in [0.2, 0.25) is 0 Å². The first-order valence-electron chi connectivity index (χ1n) is 8.37. The zero-order valence-electron chi connectivity index (χ0n) is 13.8. The number of hydrogen-bond donors (Lipinski definition) is 2. The van der Waals surface area contributed by atoms with Crippen LogP contribution >= 0.6 is 24.2 Å². The van der Waals surface area contributed by atoms with Crippen molar-refractivity contribution in [3.8, 4) is 0 Å². The first-order valence-corrected chi connectivity index (χ1v) is 9.53. The van der Waals surface area contributed by atoms with E-state index in [1.807, 2.05) is 11.8 Å². The van der Waals surface area contributed by atoms with Crippen molar-refractivity contribution in [1.82, 2.24) is 10.6 Å². The van der Waals surface area contributed by atoms with Gasteiger partial charge in [-0.3, -0.25) is 4.79 Å². The van der Waals surface area contributed by atoms with Crippen LogP contribution in [0.25, 0.3) is 10.8 Å². The number of thioether (sulfide) groups is 1. The molecule has 1 aliphatic rings. The summed E-state index contributed by atoms with van der Waals surface area (Å²) in [5.41, 5.74) is 1.37. The Labute approximate surface area is 154 Å². The van der Waals surface area contributed by atoms with E-state index in [0.717, 1.165) is 44.0 Å². The Kier molecular flexibility index (Phi) is 7.89. The van der Waals surface area contributed by atoms with Gasteiger partial charge >= 0.3 is 0 Å². The minimum atomic E-state index is 0. The fourth-order valence-electron chi connectivity index (χ4n) is 3.08. The van der Waals surface area contributed by atoms with Crippen LogP contribution in [0.1, 0.15) is 18.4 Å². The third-order valence-electron chi connectivity index (χ3n) is 4.39. The average molecular weight is 365 g/mol. The van der Waals surface area contributed by atoms with Gasteiger partial charge in [-0.15, -0.1) is 12.4 Å². The van der Waals surface area contributed by atoms with Gasteiger partial charge in [-0.1, -0.05) is 42.5 Å². The van der Waals surface area contributed by atoms with E-state index < -0.39 is 0 Å². The Balaban J connectivity index is 0.00000208. The summed E-state index contributed by atoms with van der Waals surface area (Å²) in [5.74, 6) is 2.39. The lowest BCUT2D eigenvalue weighted by Gasteiger charge is -2.21. The van der Waals surface area contributed by atoms with Crippen molar-refractivity contribution in [1.29, 1.82) is 0 Å². The van der Waals surface area contributed by atoms with Crippen molar-refractivity contribution in [3.05, 3.63) is 48.0 Å². The number of benzene rings is 2. The molecule has 5 heteroatoms. The molecule has 1 aliphatic heterocycles. The van der Waals surface area contributed by atoms with Gasteiger partial charge in [0.25, 0.3) is 0 Å². The molecule has 0 bridgehead atoms. The van der Waals surface area contributed by atoms with Gasteiger partial charge in [-0.05, 0) is 42.3 Å². The Morgan fingerprint density at radius 3 is 2.71 bits per heavy atom. The molecular weight excluding hydrogens is 340 g/mol. The minimum absolute atomic E-state index is 0. The van der Waals surface area contributed by atoms with Gasteiger partial charge in [-0.2, -0.15) is 11.8 Å². The van der Waals surface area contributed by atoms with Gasteiger partial charge < -0.3 is 10.6 Å². The van der Waals surface area contributed by atoms with Crippen molar-refractivity contribution in [2.75, 3.05) is 25.4 Å². The van der Waals surface area contributed by atoms with Crippen molar-refractivity contribution in [2.24, 2.45) is 5.92 Å². The normalized spacial score (nSPS) is 15.0. The summed E-state index contributed by atoms with van der Waals surface area (Å²) in [6, 6.07) is 15.0. The summed E-state index contributed by atoms with van der Waals surface area (Å²) in [4.78, 5) is 12.1. The number of hydrogen-bond acceptors (Lipinski definition) is 3. The molecule has 1 saturated heterocycles. The molecule has 3 rings (SSSR count). The number of fused-ring (bicyclic) bond motifs is 1. The van der Waals surface area contributed by atoms with Crippen molar-refractivity contribution < 1.29 is 4.79 Å². The second-order valence-electron chi connectivity index (χ2n) is 6.01. The number of carbonyl (C=O) groups is 1. The SMILES string of the molecule is Cl.O=C(NCCSCc1cccc2ccccc12)C1CCNCC1. The van der Waals surface area contributed by atoms with E-state index in [9.17, 15) is 4.79 Å². The standard InChI is InChI=1S/C19H24N2OS.ClH/c22-19(16-8-10-20-11-9-16)21-12-13-23-14-17-6-3-5-15-4-1-2-7-18(15)17;/h1-7,16,20H,8-14H2,(H,21,22);1H. The molecule has 2 aromatic carbocycles. The Hall–Kier alpha value is -1.23. The summed E-state index contributed by atoms with van der Waals surface area (Å²) in [7, 11) is 0. The van der Waals surface area contributed by atoms with E-state index in [1.165, 1.54) is 16.3 Å². The predicted molar refractivity (Wildman–Crippen MR) is 106 cm³/mol. The molecule has 2 aromatic rings. The largest absolute Gasteiger partial charge is 0.355 e. The maximum absolute atomic E-state index is 12.1. The van der Waals surface area contributed by atoms with E-state index in [-0.39, 0.29) is 24.2 Å². The second-order valence-corrected chi connectivity index (χ2v) is 7.11. The number of amides is 1. The first kappa shape index (κ1) is 19.1. The number of halogens is 1. The molecule has 1 fully saturated rings. The van der Waals surface area contributed by atoms with E-state index in [2.05, 4.69) is 53.1 Å². The van der Waals surface area contributed by atoms with Gasteiger partial charge in [0.1, 0.15) is 0 Å². The monoisotopic (exact) mass is 364 g/mol. The molecule has 0 atom stereocenters. The van der Waals surface area contributed by atoms with Gasteiger partial charge in [0, 0.05) is 24.0 Å². The summed E-state index contributed by atoms with van der Waals surface area (Å²) in [5, 5.41) is 9.01. The Morgan fingerprint density at radius 1 is 1.12 bits per heavy atom. The van der Waals surface area contributed by atoms with Gasteiger partial charge in [-0.25, -0.2) is 0 Å². The first-order chi connectivity index (χ1) is 11.3. The molecule has 0 saturated carbocycles. The summed E-state index contributed by atoms with van der Waals surface area (Å²) in [6.07, 6.45) is 1.93. The van der Waals surface area contributed by atoms with Crippen LogP contribution in [-0.4, -0.2) is 31.3 Å². The highest BCUT2D eigenvalue weighted by Crippen LogP contribution is 2.22. The third-order valence-corrected chi connectivity index (χ3v) is 5.40. The van der Waals surface area contributed by atoms with Crippen LogP contribution in [-0.2, 0) is 10.5 Å². The Morgan fingerprint density at radius 2 is 1.88 bits per heavy atom. The van der Waals surface area contributed by atoms with Gasteiger partial charge in [0.15, 0.2) is 0 Å². The van der Waals surface area contributed by atoms with Crippen LogP contribution < -0.4 is 10.6 Å². The molecule has 0 unspecified atom stereocenters. The molecule has 0 aliphatic carbocycles. The van der Waals surface area contributed by atoms with Crippen molar-refractivity contribution in [2.45, 2.75) is 18.6 Å². The van der Waals surface area contributed by atoms with E-state index >= 15 is 0 Å². The summed E-state index contributed by atoms with van der Waals surface area (Å²) in [6.45, 7) is 2.69. The summed E-state index contributed by atoms with van der Waals surface area (Å²) < 4.78 is 0. The lowest BCUT2D eigenvalue weighted by Crippen LogP contribution is -2.38. The van der Waals surface area contributed by atoms with E-state index in [4.69, 9.17) is 0 Å². The molecule has 1 heterocycles. The quantitative estimate of drug-likeness (QED) is 0.769. The molecular formula is C19H25ClN2OS. The zero-order chi connectivity index (χ0) is 15.9. The predicted octanol–water partition coefficient (Wildman–Crippen LogP) is 3.61. The smallest absolute Gasteiger partial charge is 0.223 e. The fraction of sp³-hybridized carbons (Fsp3) is 0.421. The van der Waals surface area contributed by atoms with Crippen molar-refractivity contribution >= 4 is 40.8 Å². The lowest BCUT2D eigenvalue weighted by atomic mass is 9.97. The van der Waals surface area contributed by atoms with E-state index in [1.54, 1.807) is 0 Å². The molecule has 0 aromatic heterocycles. The molecule has 130 valence electrons.